The van der Waals surface area contributed by atoms with Crippen molar-refractivity contribution in [3.8, 4) is 6.07 Å². The first-order valence-electron chi connectivity index (χ1n) is 6.65. The number of benzene rings is 2. The summed E-state index contributed by atoms with van der Waals surface area (Å²) >= 11 is 0. The Kier molecular flexibility index (Phi) is 4.05. The van der Waals surface area contributed by atoms with Crippen LogP contribution in [-0.4, -0.2) is 12.6 Å². The molecule has 0 saturated heterocycles. The Balaban J connectivity index is 2.51. The zero-order valence-corrected chi connectivity index (χ0v) is 11.7. The molecule has 0 aliphatic rings. The van der Waals surface area contributed by atoms with Crippen molar-refractivity contribution in [3.63, 3.8) is 0 Å². The van der Waals surface area contributed by atoms with Crippen molar-refractivity contribution in [1.29, 1.82) is 5.26 Å². The van der Waals surface area contributed by atoms with E-state index in [4.69, 9.17) is 10.00 Å². The van der Waals surface area contributed by atoms with Gasteiger partial charge in [-0.15, -0.1) is 0 Å². The van der Waals surface area contributed by atoms with Crippen molar-refractivity contribution >= 4 is 16.7 Å². The van der Waals surface area contributed by atoms with E-state index in [1.807, 2.05) is 42.5 Å². The third-order valence-corrected chi connectivity index (χ3v) is 3.55. The summed E-state index contributed by atoms with van der Waals surface area (Å²) in [4.78, 5) is 12.2. The highest BCUT2D eigenvalue weighted by Gasteiger charge is 2.36. The summed E-state index contributed by atoms with van der Waals surface area (Å²) in [5.74, 6) is -0.350. The number of esters is 1. The predicted octanol–water partition coefficient (Wildman–Crippen LogP) is 3.57. The van der Waals surface area contributed by atoms with Crippen LogP contribution >= 0.6 is 0 Å². The topological polar surface area (TPSA) is 50.1 Å². The Labute approximate surface area is 118 Å². The molecule has 3 heteroatoms. The maximum atomic E-state index is 12.2. The van der Waals surface area contributed by atoms with E-state index in [-0.39, 0.29) is 12.4 Å². The fraction of sp³-hybridized carbons (Fsp3) is 0.294. The van der Waals surface area contributed by atoms with Crippen LogP contribution in [0.1, 0.15) is 25.8 Å². The molecule has 1 unspecified atom stereocenters. The molecule has 0 N–H and O–H groups in total. The average molecular weight is 267 g/mol. The lowest BCUT2D eigenvalue weighted by Crippen LogP contribution is -2.34. The molecular formula is C17H17NO2. The number of fused-ring (bicyclic) bond motifs is 1. The summed E-state index contributed by atoms with van der Waals surface area (Å²) in [7, 11) is 0. The molecule has 0 heterocycles. The smallest absolute Gasteiger partial charge is 0.317 e. The van der Waals surface area contributed by atoms with E-state index < -0.39 is 5.41 Å². The van der Waals surface area contributed by atoms with Crippen LogP contribution in [0.4, 0.5) is 0 Å². The Morgan fingerprint density at radius 1 is 1.25 bits per heavy atom. The second-order valence-electron chi connectivity index (χ2n) is 4.95. The monoisotopic (exact) mass is 267 g/mol. The number of carbonyl (C=O) groups excluding carboxylic acids is 1. The molecule has 0 aliphatic heterocycles. The molecular weight excluding hydrogens is 250 g/mol. The van der Waals surface area contributed by atoms with E-state index in [1.165, 1.54) is 0 Å². The molecule has 2 aromatic carbocycles. The standard InChI is InChI=1S/C17H17NO2/c1-3-20-16(19)17(2,10-11-18)15-9-8-13-6-4-5-7-14(13)12-15/h4-9,12H,3,10H2,1-2H3. The lowest BCUT2D eigenvalue weighted by Gasteiger charge is -2.25. The Bertz CT molecular complexity index is 672. The van der Waals surface area contributed by atoms with Crippen molar-refractivity contribution in [2.45, 2.75) is 25.7 Å². The van der Waals surface area contributed by atoms with Gasteiger partial charge in [-0.2, -0.15) is 5.26 Å². The van der Waals surface area contributed by atoms with Crippen LogP contribution in [0.3, 0.4) is 0 Å². The van der Waals surface area contributed by atoms with Crippen molar-refractivity contribution in [2.75, 3.05) is 6.61 Å². The van der Waals surface area contributed by atoms with Crippen molar-refractivity contribution in [3.05, 3.63) is 48.0 Å². The lowest BCUT2D eigenvalue weighted by atomic mass is 9.79. The van der Waals surface area contributed by atoms with Gasteiger partial charge in [0, 0.05) is 0 Å². The second-order valence-corrected chi connectivity index (χ2v) is 4.95. The Morgan fingerprint density at radius 2 is 1.95 bits per heavy atom. The van der Waals surface area contributed by atoms with Gasteiger partial charge in [-0.05, 0) is 36.2 Å². The molecule has 3 nitrogen and oxygen atoms in total. The molecule has 1 atom stereocenters. The summed E-state index contributed by atoms with van der Waals surface area (Å²) in [6, 6.07) is 15.9. The van der Waals surface area contributed by atoms with Crippen LogP contribution in [0.15, 0.2) is 42.5 Å². The first-order valence-corrected chi connectivity index (χ1v) is 6.65. The highest BCUT2D eigenvalue weighted by atomic mass is 16.5. The Hall–Kier alpha value is -2.34. The lowest BCUT2D eigenvalue weighted by molar-refractivity contribution is -0.149. The maximum Gasteiger partial charge on any atom is 0.317 e. The minimum atomic E-state index is -0.922. The summed E-state index contributed by atoms with van der Waals surface area (Å²) in [6.07, 6.45) is 0.101. The van der Waals surface area contributed by atoms with Crippen LogP contribution in [0, 0.1) is 11.3 Å². The molecule has 2 rings (SSSR count). The van der Waals surface area contributed by atoms with Gasteiger partial charge >= 0.3 is 5.97 Å². The van der Waals surface area contributed by atoms with E-state index >= 15 is 0 Å². The zero-order valence-electron chi connectivity index (χ0n) is 11.7. The van der Waals surface area contributed by atoms with Gasteiger partial charge in [0.15, 0.2) is 0 Å². The maximum absolute atomic E-state index is 12.2. The normalized spacial score (nSPS) is 13.4. The number of carbonyl (C=O) groups is 1. The quantitative estimate of drug-likeness (QED) is 0.796. The third kappa shape index (κ3) is 2.50. The SMILES string of the molecule is CCOC(=O)C(C)(CC#N)c1ccc2ccccc2c1. The molecule has 0 bridgehead atoms. The van der Waals surface area contributed by atoms with Crippen molar-refractivity contribution in [1.82, 2.24) is 0 Å². The molecule has 20 heavy (non-hydrogen) atoms. The fourth-order valence-corrected chi connectivity index (χ4v) is 2.27. The van der Waals surface area contributed by atoms with E-state index in [0.717, 1.165) is 16.3 Å². The minimum absolute atomic E-state index is 0.101. The van der Waals surface area contributed by atoms with Gasteiger partial charge in [-0.3, -0.25) is 4.79 Å². The summed E-state index contributed by atoms with van der Waals surface area (Å²) in [5, 5.41) is 11.2. The molecule has 102 valence electrons. The number of nitrogens with zero attached hydrogens (tertiary/aromatic N) is 1. The highest BCUT2D eigenvalue weighted by Crippen LogP contribution is 2.31. The number of ether oxygens (including phenoxy) is 1. The van der Waals surface area contributed by atoms with E-state index in [0.29, 0.717) is 6.61 Å². The van der Waals surface area contributed by atoms with Gasteiger partial charge in [0.1, 0.15) is 5.41 Å². The highest BCUT2D eigenvalue weighted by molar-refractivity contribution is 5.88. The van der Waals surface area contributed by atoms with Gasteiger partial charge in [0.05, 0.1) is 19.1 Å². The van der Waals surface area contributed by atoms with Crippen LogP contribution in [0.25, 0.3) is 10.8 Å². The number of nitriles is 1. The zero-order chi connectivity index (χ0) is 14.6. The van der Waals surface area contributed by atoms with E-state index in [2.05, 4.69) is 6.07 Å². The molecule has 0 aromatic heterocycles. The van der Waals surface area contributed by atoms with Crippen LogP contribution in [0.5, 0.6) is 0 Å². The average Bonchev–Trinajstić information content (AvgIpc) is 2.47. The number of hydrogen-bond donors (Lipinski definition) is 0. The second kappa shape index (κ2) is 5.75. The fourth-order valence-electron chi connectivity index (χ4n) is 2.27. The van der Waals surface area contributed by atoms with Crippen LogP contribution in [0.2, 0.25) is 0 Å². The number of hydrogen-bond acceptors (Lipinski definition) is 3. The first kappa shape index (κ1) is 14.1. The summed E-state index contributed by atoms with van der Waals surface area (Å²) in [5.41, 5.74) is -0.106. The molecule has 0 spiro atoms. The van der Waals surface area contributed by atoms with Crippen molar-refractivity contribution in [2.24, 2.45) is 0 Å². The summed E-state index contributed by atoms with van der Waals surface area (Å²) < 4.78 is 5.14. The van der Waals surface area contributed by atoms with E-state index in [9.17, 15) is 4.79 Å². The molecule has 0 fully saturated rings. The van der Waals surface area contributed by atoms with Crippen LogP contribution in [-0.2, 0) is 14.9 Å². The minimum Gasteiger partial charge on any atom is -0.465 e. The first-order chi connectivity index (χ1) is 9.61. The molecule has 0 radical (unpaired) electrons. The molecule has 2 aromatic rings. The molecule has 0 aliphatic carbocycles. The number of rotatable bonds is 4. The van der Waals surface area contributed by atoms with Crippen LogP contribution < -0.4 is 0 Å². The van der Waals surface area contributed by atoms with Gasteiger partial charge in [0.2, 0.25) is 0 Å². The largest absolute Gasteiger partial charge is 0.465 e. The van der Waals surface area contributed by atoms with Crippen molar-refractivity contribution < 1.29 is 9.53 Å². The van der Waals surface area contributed by atoms with E-state index in [1.54, 1.807) is 13.8 Å². The van der Waals surface area contributed by atoms with Gasteiger partial charge in [-0.1, -0.05) is 36.4 Å². The molecule has 0 saturated carbocycles. The van der Waals surface area contributed by atoms with Gasteiger partial charge < -0.3 is 4.74 Å². The van der Waals surface area contributed by atoms with Gasteiger partial charge in [-0.25, -0.2) is 0 Å². The molecule has 0 amide bonds. The predicted molar refractivity (Wildman–Crippen MR) is 78.2 cm³/mol. The summed E-state index contributed by atoms with van der Waals surface area (Å²) in [6.45, 7) is 3.84. The van der Waals surface area contributed by atoms with Gasteiger partial charge in [0.25, 0.3) is 0 Å². The Morgan fingerprint density at radius 3 is 2.60 bits per heavy atom. The third-order valence-electron chi connectivity index (χ3n) is 3.55.